The van der Waals surface area contributed by atoms with E-state index in [1.165, 1.54) is 0 Å². The summed E-state index contributed by atoms with van der Waals surface area (Å²) in [7, 11) is 0. The maximum atomic E-state index is 13.8. The van der Waals surface area contributed by atoms with Crippen LogP contribution in [0, 0.1) is 17.5 Å². The van der Waals surface area contributed by atoms with Gasteiger partial charge in [-0.05, 0) is 25.0 Å². The monoisotopic (exact) mass is 422 g/mol. The minimum Gasteiger partial charge on any atom is -0.378 e. The van der Waals surface area contributed by atoms with E-state index < -0.39 is 47.8 Å². The van der Waals surface area contributed by atoms with Gasteiger partial charge in [-0.2, -0.15) is 13.2 Å². The normalized spacial score (nSPS) is 19.8. The maximum Gasteiger partial charge on any atom is 0.449 e. The molecule has 5 nitrogen and oxygen atoms in total. The van der Waals surface area contributed by atoms with E-state index >= 15 is 0 Å². The van der Waals surface area contributed by atoms with Crippen molar-refractivity contribution in [2.45, 2.75) is 50.8 Å². The number of aromatic nitrogens is 2. The molecule has 29 heavy (non-hydrogen) atoms. The lowest BCUT2D eigenvalue weighted by molar-refractivity contribution is -0.148. The molecule has 0 amide bonds. The Morgan fingerprint density at radius 3 is 2.48 bits per heavy atom. The molecule has 0 spiro atoms. The Balaban J connectivity index is 1.67. The summed E-state index contributed by atoms with van der Waals surface area (Å²) in [6.07, 6.45) is -4.74. The number of nitrogens with zero attached hydrogens (tertiary/aromatic N) is 3. The summed E-state index contributed by atoms with van der Waals surface area (Å²) < 4.78 is 80.2. The van der Waals surface area contributed by atoms with E-state index in [0.717, 1.165) is 16.8 Å². The molecule has 1 aromatic heterocycles. The summed E-state index contributed by atoms with van der Waals surface area (Å²) in [6, 6.07) is -0.193. The first-order chi connectivity index (χ1) is 13.5. The SMILES string of the molecule is C[C@@H]1c2cnc(C(F)(F)F)n2CCN1[C@H](O)C[C@H](N)Cc1cc(F)c(F)cc1F. The molecule has 1 aliphatic heterocycles. The number of aliphatic hydroxyl groups is 1. The number of halogens is 6. The van der Waals surface area contributed by atoms with Crippen LogP contribution in [0.1, 0.15) is 36.5 Å². The van der Waals surface area contributed by atoms with E-state index in [1.54, 1.807) is 11.8 Å². The fraction of sp³-hybridized carbons (Fsp3) is 0.500. The minimum atomic E-state index is -4.57. The summed E-state index contributed by atoms with van der Waals surface area (Å²) in [4.78, 5) is 5.02. The number of hydrogen-bond acceptors (Lipinski definition) is 4. The van der Waals surface area contributed by atoms with Gasteiger partial charge in [-0.3, -0.25) is 4.90 Å². The molecule has 0 fully saturated rings. The molecule has 0 unspecified atom stereocenters. The molecule has 11 heteroatoms. The van der Waals surface area contributed by atoms with Gasteiger partial charge in [0.05, 0.1) is 17.9 Å². The van der Waals surface area contributed by atoms with Crippen LogP contribution in [0.15, 0.2) is 18.3 Å². The van der Waals surface area contributed by atoms with Crippen LogP contribution < -0.4 is 5.73 Å². The maximum absolute atomic E-state index is 13.8. The van der Waals surface area contributed by atoms with Crippen molar-refractivity contribution in [1.29, 1.82) is 0 Å². The number of imidazole rings is 1. The molecule has 2 heterocycles. The van der Waals surface area contributed by atoms with E-state index in [9.17, 15) is 31.4 Å². The highest BCUT2D eigenvalue weighted by Gasteiger charge is 2.40. The summed E-state index contributed by atoms with van der Waals surface area (Å²) in [5.74, 6) is -4.44. The van der Waals surface area contributed by atoms with Gasteiger partial charge in [0.25, 0.3) is 0 Å². The molecule has 3 N–H and O–H groups in total. The molecule has 160 valence electrons. The zero-order valence-electron chi connectivity index (χ0n) is 15.4. The van der Waals surface area contributed by atoms with Gasteiger partial charge in [0.1, 0.15) is 12.0 Å². The third-order valence-electron chi connectivity index (χ3n) is 5.12. The first-order valence-electron chi connectivity index (χ1n) is 8.94. The van der Waals surface area contributed by atoms with E-state index in [4.69, 9.17) is 5.73 Å². The van der Waals surface area contributed by atoms with Crippen molar-refractivity contribution in [2.75, 3.05) is 6.54 Å². The largest absolute Gasteiger partial charge is 0.449 e. The number of rotatable bonds is 5. The molecule has 3 atom stereocenters. The zero-order chi connectivity index (χ0) is 21.5. The standard InChI is InChI=1S/C18H20F6N4O/c1-9-15-8-26-17(18(22,23)24)28(15)3-2-27(9)16(29)6-11(25)4-10-5-13(20)14(21)7-12(10)19/h5,7-9,11,16,29H,2-4,6,25H2,1H3/t9-,11-,16-/m1/s1. The Hall–Kier alpha value is -2.11. The second kappa shape index (κ2) is 7.96. The Bertz CT molecular complexity index is 884. The van der Waals surface area contributed by atoms with Crippen LogP contribution in [-0.2, 0) is 19.1 Å². The quantitative estimate of drug-likeness (QED) is 0.575. The lowest BCUT2D eigenvalue weighted by atomic mass is 10.0. The fourth-order valence-corrected chi connectivity index (χ4v) is 3.66. The lowest BCUT2D eigenvalue weighted by Crippen LogP contribution is -2.46. The summed E-state index contributed by atoms with van der Waals surface area (Å²) in [5, 5.41) is 10.5. The predicted molar refractivity (Wildman–Crippen MR) is 91.0 cm³/mol. The molecular weight excluding hydrogens is 402 g/mol. The topological polar surface area (TPSA) is 67.3 Å². The first-order valence-corrected chi connectivity index (χ1v) is 8.94. The van der Waals surface area contributed by atoms with E-state index in [0.29, 0.717) is 11.8 Å². The summed E-state index contributed by atoms with van der Waals surface area (Å²) in [6.45, 7) is 1.75. The van der Waals surface area contributed by atoms with Crippen LogP contribution in [0.2, 0.25) is 0 Å². The second-order valence-electron chi connectivity index (χ2n) is 7.11. The highest BCUT2D eigenvalue weighted by Crippen LogP contribution is 2.34. The fourth-order valence-electron chi connectivity index (χ4n) is 3.66. The van der Waals surface area contributed by atoms with Crippen LogP contribution in [0.25, 0.3) is 0 Å². The van der Waals surface area contributed by atoms with Crippen LogP contribution in [-0.4, -0.2) is 38.4 Å². The van der Waals surface area contributed by atoms with Crippen molar-refractivity contribution in [3.63, 3.8) is 0 Å². The van der Waals surface area contributed by atoms with E-state index in [1.807, 2.05) is 0 Å². The highest BCUT2D eigenvalue weighted by atomic mass is 19.4. The van der Waals surface area contributed by atoms with Gasteiger partial charge in [0.2, 0.25) is 5.82 Å². The van der Waals surface area contributed by atoms with Crippen LogP contribution in [0.5, 0.6) is 0 Å². The predicted octanol–water partition coefficient (Wildman–Crippen LogP) is 2.97. The second-order valence-corrected chi connectivity index (χ2v) is 7.11. The molecule has 0 aliphatic carbocycles. The zero-order valence-corrected chi connectivity index (χ0v) is 15.4. The third kappa shape index (κ3) is 4.41. The molecule has 1 aliphatic rings. The third-order valence-corrected chi connectivity index (χ3v) is 5.12. The summed E-state index contributed by atoms with van der Waals surface area (Å²) in [5.41, 5.74) is 6.12. The number of hydrogen-bond donors (Lipinski definition) is 2. The van der Waals surface area contributed by atoms with Crippen molar-refractivity contribution < 1.29 is 31.4 Å². The van der Waals surface area contributed by atoms with Crippen molar-refractivity contribution in [1.82, 2.24) is 14.5 Å². The van der Waals surface area contributed by atoms with Crippen molar-refractivity contribution in [2.24, 2.45) is 5.73 Å². The van der Waals surface area contributed by atoms with Gasteiger partial charge in [-0.25, -0.2) is 18.2 Å². The van der Waals surface area contributed by atoms with Crippen molar-refractivity contribution >= 4 is 0 Å². The number of alkyl halides is 3. The number of aliphatic hydroxyl groups excluding tert-OH is 1. The number of fused-ring (bicyclic) bond motifs is 1. The molecule has 0 bridgehead atoms. The van der Waals surface area contributed by atoms with Gasteiger partial charge in [-0.1, -0.05) is 0 Å². The number of benzene rings is 1. The average molecular weight is 422 g/mol. The Morgan fingerprint density at radius 2 is 1.83 bits per heavy atom. The Labute approximate surface area is 162 Å². The van der Waals surface area contributed by atoms with E-state index in [-0.39, 0.29) is 31.5 Å². The molecule has 3 rings (SSSR count). The molecule has 0 saturated heterocycles. The Kier molecular flexibility index (Phi) is 5.93. The Morgan fingerprint density at radius 1 is 1.17 bits per heavy atom. The smallest absolute Gasteiger partial charge is 0.378 e. The molecule has 1 aromatic carbocycles. The van der Waals surface area contributed by atoms with Crippen molar-refractivity contribution in [3.05, 3.63) is 52.9 Å². The molecule has 2 aromatic rings. The molecule has 0 radical (unpaired) electrons. The minimum absolute atomic E-state index is 0.0153. The van der Waals surface area contributed by atoms with Gasteiger partial charge in [0.15, 0.2) is 11.6 Å². The van der Waals surface area contributed by atoms with Gasteiger partial charge < -0.3 is 15.4 Å². The highest BCUT2D eigenvalue weighted by molar-refractivity contribution is 5.21. The summed E-state index contributed by atoms with van der Waals surface area (Å²) >= 11 is 0. The van der Waals surface area contributed by atoms with Gasteiger partial charge in [-0.15, -0.1) is 0 Å². The molecule has 0 saturated carbocycles. The van der Waals surface area contributed by atoms with Gasteiger partial charge >= 0.3 is 6.18 Å². The number of nitrogens with two attached hydrogens (primary N) is 1. The lowest BCUT2D eigenvalue weighted by Gasteiger charge is -2.38. The van der Waals surface area contributed by atoms with Crippen molar-refractivity contribution in [3.8, 4) is 0 Å². The average Bonchev–Trinajstić information content (AvgIpc) is 3.05. The first kappa shape index (κ1) is 21.6. The van der Waals surface area contributed by atoms with Gasteiger partial charge in [0, 0.05) is 31.6 Å². The molecular formula is C18H20F6N4O. The van der Waals surface area contributed by atoms with Crippen LogP contribution in [0.3, 0.4) is 0 Å². The van der Waals surface area contributed by atoms with E-state index in [2.05, 4.69) is 4.98 Å². The van der Waals surface area contributed by atoms with Crippen LogP contribution in [0.4, 0.5) is 26.3 Å². The van der Waals surface area contributed by atoms with Crippen LogP contribution >= 0.6 is 0 Å².